The molecule has 3 aromatic heterocycles. The van der Waals surface area contributed by atoms with Gasteiger partial charge in [-0.15, -0.1) is 0 Å². The lowest BCUT2D eigenvalue weighted by Crippen LogP contribution is -2.39. The topological polar surface area (TPSA) is 79.9 Å². The van der Waals surface area contributed by atoms with Crippen molar-refractivity contribution in [3.8, 4) is 11.3 Å². The number of ether oxygens (including phenoxy) is 1. The Kier molecular flexibility index (Phi) is 5.89. The number of aryl methyl sites for hydroxylation is 3. The monoisotopic (exact) mass is 504 g/mol. The summed E-state index contributed by atoms with van der Waals surface area (Å²) in [5.74, 6) is 0. The van der Waals surface area contributed by atoms with E-state index < -0.39 is 0 Å². The van der Waals surface area contributed by atoms with Gasteiger partial charge >= 0.3 is 6.09 Å². The first-order valence-corrected chi connectivity index (χ1v) is 11.9. The number of aromatic amines is 1. The quantitative estimate of drug-likeness (QED) is 0.368. The number of rotatable bonds is 4. The minimum atomic E-state index is -0.387. The second kappa shape index (κ2) is 8.98. The van der Waals surface area contributed by atoms with Gasteiger partial charge in [-0.3, -0.25) is 4.98 Å². The van der Waals surface area contributed by atoms with Crippen molar-refractivity contribution >= 4 is 33.1 Å². The number of hydrogen-bond donors (Lipinski definition) is 2. The second-order valence-corrected chi connectivity index (χ2v) is 9.38. The average molecular weight is 505 g/mol. The molecule has 0 fully saturated rings. The number of carbonyl (C=O) groups excluding carboxylic acids is 1. The molecule has 5 rings (SSSR count). The molecule has 0 saturated carbocycles. The van der Waals surface area contributed by atoms with Gasteiger partial charge < -0.3 is 15.0 Å². The number of pyridine rings is 2. The third-order valence-electron chi connectivity index (χ3n) is 5.98. The van der Waals surface area contributed by atoms with Crippen molar-refractivity contribution in [1.29, 1.82) is 0 Å². The maximum absolute atomic E-state index is 12.3. The van der Waals surface area contributed by atoms with Crippen LogP contribution in [0.4, 0.5) is 4.79 Å². The number of benzene rings is 1. The van der Waals surface area contributed by atoms with Gasteiger partial charge in [0, 0.05) is 35.1 Å². The van der Waals surface area contributed by atoms with Crippen LogP contribution in [0.3, 0.4) is 0 Å². The van der Waals surface area contributed by atoms with Gasteiger partial charge in [-0.1, -0.05) is 30.3 Å². The molecule has 0 radical (unpaired) electrons. The minimum Gasteiger partial charge on any atom is -0.445 e. The second-order valence-electron chi connectivity index (χ2n) is 8.59. The Morgan fingerprint density at radius 1 is 1.15 bits per heavy atom. The van der Waals surface area contributed by atoms with Gasteiger partial charge in [-0.2, -0.15) is 0 Å². The number of nitrogens with zero attached hydrogens (tertiary/aromatic N) is 2. The van der Waals surface area contributed by atoms with Gasteiger partial charge in [-0.25, -0.2) is 9.78 Å². The summed E-state index contributed by atoms with van der Waals surface area (Å²) in [6.07, 6.45) is 2.02. The molecule has 1 amide bonds. The van der Waals surface area contributed by atoms with E-state index in [2.05, 4.69) is 49.4 Å². The molecule has 2 N–H and O–H groups in total. The van der Waals surface area contributed by atoms with Crippen LogP contribution >= 0.6 is 15.9 Å². The highest BCUT2D eigenvalue weighted by molar-refractivity contribution is 9.10. The maximum atomic E-state index is 12.3. The van der Waals surface area contributed by atoms with Crippen LogP contribution in [0.2, 0.25) is 0 Å². The van der Waals surface area contributed by atoms with Crippen molar-refractivity contribution in [1.82, 2.24) is 20.3 Å². The first kappa shape index (κ1) is 21.6. The van der Waals surface area contributed by atoms with E-state index in [1.165, 1.54) is 5.56 Å². The highest BCUT2D eigenvalue weighted by atomic mass is 79.9. The Bertz CT molecular complexity index is 1310. The number of carbonyl (C=O) groups is 1. The predicted molar refractivity (Wildman–Crippen MR) is 132 cm³/mol. The molecule has 168 valence electrons. The Hall–Kier alpha value is -3.19. The van der Waals surface area contributed by atoms with Crippen LogP contribution in [0.25, 0.3) is 22.3 Å². The van der Waals surface area contributed by atoms with Crippen molar-refractivity contribution in [2.75, 3.05) is 0 Å². The molecular formula is C26H25BrN4O2. The molecule has 1 unspecified atom stereocenters. The van der Waals surface area contributed by atoms with E-state index in [0.717, 1.165) is 62.3 Å². The summed E-state index contributed by atoms with van der Waals surface area (Å²) in [6, 6.07) is 16.0. The third-order valence-corrected chi connectivity index (χ3v) is 6.76. The van der Waals surface area contributed by atoms with E-state index in [4.69, 9.17) is 9.72 Å². The molecule has 3 heterocycles. The first-order chi connectivity index (χ1) is 16.0. The predicted octanol–water partition coefficient (Wildman–Crippen LogP) is 5.79. The van der Waals surface area contributed by atoms with Crippen molar-refractivity contribution < 1.29 is 9.53 Å². The summed E-state index contributed by atoms with van der Waals surface area (Å²) in [7, 11) is 0. The van der Waals surface area contributed by atoms with Gasteiger partial charge in [-0.05, 0) is 71.9 Å². The number of alkyl carbamates (subject to hydrolysis) is 1. The van der Waals surface area contributed by atoms with Gasteiger partial charge in [0.05, 0.1) is 15.7 Å². The van der Waals surface area contributed by atoms with Crippen LogP contribution in [0.15, 0.2) is 53.0 Å². The van der Waals surface area contributed by atoms with E-state index in [1.54, 1.807) is 0 Å². The Balaban J connectivity index is 1.33. The van der Waals surface area contributed by atoms with E-state index in [9.17, 15) is 4.79 Å². The van der Waals surface area contributed by atoms with E-state index in [0.29, 0.717) is 6.42 Å². The maximum Gasteiger partial charge on any atom is 0.407 e. The largest absolute Gasteiger partial charge is 0.445 e. The van der Waals surface area contributed by atoms with Crippen molar-refractivity contribution in [2.24, 2.45) is 0 Å². The third kappa shape index (κ3) is 4.64. The number of H-pyrrole nitrogens is 1. The summed E-state index contributed by atoms with van der Waals surface area (Å²) < 4.78 is 6.34. The summed E-state index contributed by atoms with van der Waals surface area (Å²) >= 11 is 3.76. The molecule has 0 bridgehead atoms. The van der Waals surface area contributed by atoms with Crippen LogP contribution in [-0.2, 0) is 24.2 Å². The number of halogens is 1. The zero-order valence-electron chi connectivity index (χ0n) is 18.6. The highest BCUT2D eigenvalue weighted by Crippen LogP contribution is 2.36. The molecule has 0 spiro atoms. The summed E-state index contributed by atoms with van der Waals surface area (Å²) in [4.78, 5) is 25.3. The molecule has 1 aliphatic rings. The molecule has 0 saturated heterocycles. The number of hydrogen-bond acceptors (Lipinski definition) is 4. The number of aromatic nitrogens is 3. The van der Waals surface area contributed by atoms with Gasteiger partial charge in [0.25, 0.3) is 0 Å². The Labute approximate surface area is 200 Å². The molecule has 1 atom stereocenters. The van der Waals surface area contributed by atoms with Gasteiger partial charge in [0.1, 0.15) is 12.1 Å². The fraction of sp³-hybridized carbons (Fsp3) is 0.269. The Morgan fingerprint density at radius 3 is 2.67 bits per heavy atom. The number of fused-ring (bicyclic) bond motifs is 2. The van der Waals surface area contributed by atoms with E-state index in [1.807, 2.05) is 44.2 Å². The fourth-order valence-corrected chi connectivity index (χ4v) is 5.08. The van der Waals surface area contributed by atoms with Crippen LogP contribution < -0.4 is 5.32 Å². The highest BCUT2D eigenvalue weighted by Gasteiger charge is 2.24. The SMILES string of the molecule is Cc1cc(-c2[nH]c3cc4c(nc3c2Br)CC(NC(=O)OCc2ccccc2)CC4)cc(C)n1. The fourth-order valence-electron chi connectivity index (χ4n) is 4.45. The first-order valence-electron chi connectivity index (χ1n) is 11.1. The zero-order valence-corrected chi connectivity index (χ0v) is 20.2. The van der Waals surface area contributed by atoms with Gasteiger partial charge in [0.15, 0.2) is 0 Å². The van der Waals surface area contributed by atoms with Crippen LogP contribution in [0.5, 0.6) is 0 Å². The van der Waals surface area contributed by atoms with Crippen LogP contribution in [-0.4, -0.2) is 27.1 Å². The summed E-state index contributed by atoms with van der Waals surface area (Å²) in [6.45, 7) is 4.27. The van der Waals surface area contributed by atoms with E-state index >= 15 is 0 Å². The van der Waals surface area contributed by atoms with Crippen LogP contribution in [0.1, 0.15) is 34.6 Å². The molecule has 1 aliphatic carbocycles. The molecular weight excluding hydrogens is 480 g/mol. The summed E-state index contributed by atoms with van der Waals surface area (Å²) in [5, 5.41) is 3.01. The average Bonchev–Trinajstić information content (AvgIpc) is 3.12. The molecule has 6 nitrogen and oxygen atoms in total. The minimum absolute atomic E-state index is 0.00779. The molecule has 0 aliphatic heterocycles. The summed E-state index contributed by atoms with van der Waals surface area (Å²) in [5.41, 5.74) is 9.19. The van der Waals surface area contributed by atoms with Crippen molar-refractivity contribution in [2.45, 2.75) is 45.8 Å². The van der Waals surface area contributed by atoms with Gasteiger partial charge in [0.2, 0.25) is 0 Å². The Morgan fingerprint density at radius 2 is 1.91 bits per heavy atom. The number of amides is 1. The van der Waals surface area contributed by atoms with Crippen molar-refractivity contribution in [3.63, 3.8) is 0 Å². The molecule has 4 aromatic rings. The van der Waals surface area contributed by atoms with E-state index in [-0.39, 0.29) is 18.7 Å². The van der Waals surface area contributed by atoms with Crippen LogP contribution in [0, 0.1) is 13.8 Å². The smallest absolute Gasteiger partial charge is 0.407 e. The molecule has 7 heteroatoms. The number of nitrogens with one attached hydrogen (secondary N) is 2. The normalized spacial score (nSPS) is 15.3. The lowest BCUT2D eigenvalue weighted by atomic mass is 9.92. The molecule has 33 heavy (non-hydrogen) atoms. The lowest BCUT2D eigenvalue weighted by molar-refractivity contribution is 0.134. The standard InChI is InChI=1S/C26H25BrN4O2/c1-15-10-19(11-16(2)28-15)24-23(27)25-22(31-24)12-18-8-9-20(13-21(18)30-25)29-26(32)33-14-17-6-4-3-5-7-17/h3-7,10-12,20,31H,8-9,13-14H2,1-2H3,(H,29,32). The van der Waals surface area contributed by atoms with Crippen molar-refractivity contribution in [3.05, 3.63) is 81.2 Å². The zero-order chi connectivity index (χ0) is 22.9. The molecule has 1 aromatic carbocycles. The lowest BCUT2D eigenvalue weighted by Gasteiger charge is -2.24.